The maximum atomic E-state index is 11.2. The first-order valence-corrected chi connectivity index (χ1v) is 5.64. The molecule has 0 saturated heterocycles. The van der Waals surface area contributed by atoms with E-state index in [4.69, 9.17) is 4.74 Å². The van der Waals surface area contributed by atoms with Crippen molar-refractivity contribution in [3.63, 3.8) is 0 Å². The Balaban J connectivity index is 2.10. The highest BCUT2D eigenvalue weighted by Crippen LogP contribution is 2.22. The van der Waals surface area contributed by atoms with E-state index in [2.05, 4.69) is 6.92 Å². The molecule has 2 nitrogen and oxygen atoms in total. The van der Waals surface area contributed by atoms with Crippen LogP contribution in [0.3, 0.4) is 0 Å². The minimum Gasteiger partial charge on any atom is -0.431 e. The molecule has 0 aromatic rings. The predicted octanol–water partition coefficient (Wildman–Crippen LogP) is 3.42. The summed E-state index contributed by atoms with van der Waals surface area (Å²) in [5, 5.41) is 0. The van der Waals surface area contributed by atoms with Gasteiger partial charge in [-0.25, -0.2) is 0 Å². The van der Waals surface area contributed by atoms with Gasteiger partial charge in [-0.1, -0.05) is 39.0 Å². The van der Waals surface area contributed by atoms with Crippen molar-refractivity contribution in [3.8, 4) is 0 Å². The normalized spacial score (nSPS) is 20.9. The van der Waals surface area contributed by atoms with Crippen molar-refractivity contribution in [1.82, 2.24) is 0 Å². The van der Waals surface area contributed by atoms with Gasteiger partial charge in [0.15, 0.2) is 0 Å². The van der Waals surface area contributed by atoms with E-state index in [1.807, 2.05) is 13.0 Å². The SMILES string of the molecule is CCCCCCCC1C=C(C)OC1=O. The fraction of sp³-hybridized carbons (Fsp3) is 0.750. The first-order chi connectivity index (χ1) is 6.74. The van der Waals surface area contributed by atoms with E-state index < -0.39 is 0 Å². The van der Waals surface area contributed by atoms with Gasteiger partial charge >= 0.3 is 5.97 Å². The fourth-order valence-corrected chi connectivity index (χ4v) is 1.79. The van der Waals surface area contributed by atoms with E-state index in [0.717, 1.165) is 18.6 Å². The first kappa shape index (κ1) is 11.3. The summed E-state index contributed by atoms with van der Waals surface area (Å²) >= 11 is 0. The van der Waals surface area contributed by atoms with E-state index in [0.29, 0.717) is 0 Å². The number of carbonyl (C=O) groups is 1. The Labute approximate surface area is 86.3 Å². The molecule has 0 N–H and O–H groups in total. The highest BCUT2D eigenvalue weighted by molar-refractivity contribution is 5.78. The van der Waals surface area contributed by atoms with Crippen LogP contribution in [0.5, 0.6) is 0 Å². The molecule has 1 atom stereocenters. The van der Waals surface area contributed by atoms with Crippen LogP contribution in [-0.2, 0) is 9.53 Å². The smallest absolute Gasteiger partial charge is 0.317 e. The van der Waals surface area contributed by atoms with Crippen molar-refractivity contribution in [3.05, 3.63) is 11.8 Å². The number of rotatable bonds is 6. The lowest BCUT2D eigenvalue weighted by atomic mass is 10.0. The second kappa shape index (κ2) is 5.84. The number of ether oxygens (including phenoxy) is 1. The third-order valence-electron chi connectivity index (χ3n) is 2.62. The minimum absolute atomic E-state index is 0.0385. The average molecular weight is 196 g/mol. The van der Waals surface area contributed by atoms with E-state index in [1.165, 1.54) is 25.7 Å². The molecule has 2 heteroatoms. The summed E-state index contributed by atoms with van der Waals surface area (Å²) in [6, 6.07) is 0. The molecule has 14 heavy (non-hydrogen) atoms. The molecular formula is C12H20O2. The summed E-state index contributed by atoms with van der Waals surface area (Å²) in [6.07, 6.45) is 9.16. The molecule has 0 radical (unpaired) electrons. The predicted molar refractivity (Wildman–Crippen MR) is 56.7 cm³/mol. The molecule has 80 valence electrons. The Kier molecular flexibility index (Phi) is 4.71. The van der Waals surface area contributed by atoms with Crippen LogP contribution in [0.2, 0.25) is 0 Å². The van der Waals surface area contributed by atoms with Crippen LogP contribution in [0.15, 0.2) is 11.8 Å². The number of esters is 1. The number of hydrogen-bond donors (Lipinski definition) is 0. The van der Waals surface area contributed by atoms with Crippen molar-refractivity contribution in [1.29, 1.82) is 0 Å². The van der Waals surface area contributed by atoms with Gasteiger partial charge in [0.25, 0.3) is 0 Å². The molecule has 1 aliphatic heterocycles. The lowest BCUT2D eigenvalue weighted by molar-refractivity contribution is -0.140. The van der Waals surface area contributed by atoms with Gasteiger partial charge in [0.2, 0.25) is 0 Å². The number of allylic oxidation sites excluding steroid dienone is 1. The lowest BCUT2D eigenvalue weighted by Crippen LogP contribution is -2.07. The molecule has 1 heterocycles. The quantitative estimate of drug-likeness (QED) is 0.480. The monoisotopic (exact) mass is 196 g/mol. The third kappa shape index (κ3) is 3.52. The third-order valence-corrected chi connectivity index (χ3v) is 2.62. The van der Waals surface area contributed by atoms with Crippen LogP contribution in [0, 0.1) is 5.92 Å². The number of hydrogen-bond acceptors (Lipinski definition) is 2. The average Bonchev–Trinajstić information content (AvgIpc) is 2.45. The van der Waals surface area contributed by atoms with Gasteiger partial charge in [-0.05, 0) is 19.4 Å². The largest absolute Gasteiger partial charge is 0.431 e. The summed E-state index contributed by atoms with van der Waals surface area (Å²) < 4.78 is 4.97. The number of carbonyl (C=O) groups excluding carboxylic acids is 1. The maximum absolute atomic E-state index is 11.2. The number of cyclic esters (lactones) is 1. The topological polar surface area (TPSA) is 26.3 Å². The molecule has 0 aliphatic carbocycles. The van der Waals surface area contributed by atoms with E-state index in [1.54, 1.807) is 0 Å². The van der Waals surface area contributed by atoms with Gasteiger partial charge in [0.1, 0.15) is 5.76 Å². The van der Waals surface area contributed by atoms with Crippen LogP contribution in [0.4, 0.5) is 0 Å². The Hall–Kier alpha value is -0.790. The summed E-state index contributed by atoms with van der Waals surface area (Å²) in [6.45, 7) is 4.05. The Morgan fingerprint density at radius 2 is 2.00 bits per heavy atom. The molecule has 1 unspecified atom stereocenters. The molecule has 0 aromatic heterocycles. The molecule has 0 amide bonds. The summed E-state index contributed by atoms with van der Waals surface area (Å²) in [4.78, 5) is 11.2. The standard InChI is InChI=1S/C12H20O2/c1-3-4-5-6-7-8-11-9-10(2)14-12(11)13/h9,11H,3-8H2,1-2H3. The van der Waals surface area contributed by atoms with Crippen molar-refractivity contribution in [2.24, 2.45) is 5.92 Å². The van der Waals surface area contributed by atoms with E-state index in [-0.39, 0.29) is 11.9 Å². The Bertz CT molecular complexity index is 218. The molecule has 0 aromatic carbocycles. The molecule has 0 spiro atoms. The molecular weight excluding hydrogens is 176 g/mol. The van der Waals surface area contributed by atoms with Crippen LogP contribution in [0.1, 0.15) is 52.4 Å². The van der Waals surface area contributed by atoms with Gasteiger partial charge in [-0.3, -0.25) is 4.79 Å². The second-order valence-electron chi connectivity index (χ2n) is 4.01. The van der Waals surface area contributed by atoms with E-state index >= 15 is 0 Å². The van der Waals surface area contributed by atoms with Crippen molar-refractivity contribution in [2.75, 3.05) is 0 Å². The van der Waals surface area contributed by atoms with Crippen molar-refractivity contribution >= 4 is 5.97 Å². The number of unbranched alkanes of at least 4 members (excludes halogenated alkanes) is 4. The van der Waals surface area contributed by atoms with Gasteiger partial charge in [-0.2, -0.15) is 0 Å². The van der Waals surface area contributed by atoms with Crippen molar-refractivity contribution < 1.29 is 9.53 Å². The van der Waals surface area contributed by atoms with Gasteiger partial charge in [0, 0.05) is 0 Å². The summed E-state index contributed by atoms with van der Waals surface area (Å²) in [5.41, 5.74) is 0. The molecule has 0 fully saturated rings. The lowest BCUT2D eigenvalue weighted by Gasteiger charge is -2.03. The Morgan fingerprint density at radius 3 is 2.57 bits per heavy atom. The molecule has 1 aliphatic rings. The van der Waals surface area contributed by atoms with Gasteiger partial charge in [0.05, 0.1) is 5.92 Å². The van der Waals surface area contributed by atoms with E-state index in [9.17, 15) is 4.79 Å². The summed E-state index contributed by atoms with van der Waals surface area (Å²) in [7, 11) is 0. The maximum Gasteiger partial charge on any atom is 0.317 e. The first-order valence-electron chi connectivity index (χ1n) is 5.64. The molecule has 0 bridgehead atoms. The highest BCUT2D eigenvalue weighted by Gasteiger charge is 2.23. The minimum atomic E-state index is -0.0574. The summed E-state index contributed by atoms with van der Waals surface area (Å²) in [5.74, 6) is 0.753. The van der Waals surface area contributed by atoms with Crippen LogP contribution in [-0.4, -0.2) is 5.97 Å². The second-order valence-corrected chi connectivity index (χ2v) is 4.01. The zero-order chi connectivity index (χ0) is 10.4. The van der Waals surface area contributed by atoms with Gasteiger partial charge < -0.3 is 4.74 Å². The van der Waals surface area contributed by atoms with Crippen LogP contribution < -0.4 is 0 Å². The fourth-order valence-electron chi connectivity index (χ4n) is 1.79. The van der Waals surface area contributed by atoms with Crippen LogP contribution in [0.25, 0.3) is 0 Å². The van der Waals surface area contributed by atoms with Crippen LogP contribution >= 0.6 is 0 Å². The zero-order valence-electron chi connectivity index (χ0n) is 9.21. The van der Waals surface area contributed by atoms with Crippen molar-refractivity contribution in [2.45, 2.75) is 52.4 Å². The Morgan fingerprint density at radius 1 is 1.29 bits per heavy atom. The highest BCUT2D eigenvalue weighted by atomic mass is 16.5. The van der Waals surface area contributed by atoms with Gasteiger partial charge in [-0.15, -0.1) is 0 Å². The molecule has 1 rings (SSSR count). The zero-order valence-corrected chi connectivity index (χ0v) is 9.21. The molecule has 0 saturated carbocycles.